The molecule has 3 aromatic rings. The van der Waals surface area contributed by atoms with Crippen LogP contribution in [0.15, 0.2) is 54.7 Å². The number of hydrogen-bond acceptors (Lipinski definition) is 1. The zero-order chi connectivity index (χ0) is 18.0. The lowest BCUT2D eigenvalue weighted by atomic mass is 9.95. The van der Waals surface area contributed by atoms with E-state index in [-0.39, 0.29) is 11.4 Å². The molecular formula is C22H25N3O. The molecule has 3 N–H and O–H groups in total. The highest BCUT2D eigenvalue weighted by Gasteiger charge is 2.44. The van der Waals surface area contributed by atoms with E-state index in [2.05, 4.69) is 58.9 Å². The number of fused-ring (bicyclic) bond motifs is 1. The topological polar surface area (TPSA) is 56.9 Å². The van der Waals surface area contributed by atoms with Crippen molar-refractivity contribution in [1.29, 1.82) is 0 Å². The Morgan fingerprint density at radius 2 is 1.85 bits per heavy atom. The van der Waals surface area contributed by atoms with Crippen molar-refractivity contribution in [2.45, 2.75) is 31.6 Å². The van der Waals surface area contributed by atoms with Crippen LogP contribution >= 0.6 is 0 Å². The summed E-state index contributed by atoms with van der Waals surface area (Å²) in [4.78, 5) is 15.4. The summed E-state index contributed by atoms with van der Waals surface area (Å²) in [6.07, 6.45) is 5.14. The molecule has 0 bridgehead atoms. The van der Waals surface area contributed by atoms with E-state index in [1.807, 2.05) is 18.3 Å². The lowest BCUT2D eigenvalue weighted by Gasteiger charge is -2.17. The number of hydrogen-bond donors (Lipinski definition) is 3. The van der Waals surface area contributed by atoms with Gasteiger partial charge in [0, 0.05) is 35.6 Å². The molecule has 1 aliphatic carbocycles. The van der Waals surface area contributed by atoms with E-state index in [0.717, 1.165) is 24.8 Å². The summed E-state index contributed by atoms with van der Waals surface area (Å²) in [6, 6.07) is 16.9. The fraction of sp³-hybridized carbons (Fsp3) is 0.318. The number of amides is 2. The van der Waals surface area contributed by atoms with Crippen LogP contribution in [0, 0.1) is 6.92 Å². The van der Waals surface area contributed by atoms with Crippen LogP contribution in [0.4, 0.5) is 4.79 Å². The summed E-state index contributed by atoms with van der Waals surface area (Å²) in [5.41, 5.74) is 5.12. The number of benzene rings is 2. The Bertz CT molecular complexity index is 907. The molecule has 1 saturated carbocycles. The Kier molecular flexibility index (Phi) is 4.41. The van der Waals surface area contributed by atoms with Crippen LogP contribution < -0.4 is 10.6 Å². The van der Waals surface area contributed by atoms with Crippen molar-refractivity contribution in [1.82, 2.24) is 15.6 Å². The van der Waals surface area contributed by atoms with Crippen molar-refractivity contribution in [3.63, 3.8) is 0 Å². The van der Waals surface area contributed by atoms with Crippen molar-refractivity contribution < 1.29 is 4.79 Å². The van der Waals surface area contributed by atoms with Gasteiger partial charge in [0.15, 0.2) is 0 Å². The van der Waals surface area contributed by atoms with Crippen molar-refractivity contribution in [3.8, 4) is 0 Å². The van der Waals surface area contributed by atoms with E-state index in [9.17, 15) is 4.79 Å². The normalized spacial score (nSPS) is 15.0. The lowest BCUT2D eigenvalue weighted by Crippen LogP contribution is -2.40. The molecule has 0 unspecified atom stereocenters. The molecule has 1 aromatic heterocycles. The van der Waals surface area contributed by atoms with Crippen molar-refractivity contribution in [2.75, 3.05) is 13.1 Å². The molecule has 0 radical (unpaired) electrons. The summed E-state index contributed by atoms with van der Waals surface area (Å²) in [5.74, 6) is 0. The number of carbonyl (C=O) groups excluding carboxylic acids is 1. The van der Waals surface area contributed by atoms with E-state index < -0.39 is 0 Å². The minimum absolute atomic E-state index is 0.0803. The first-order chi connectivity index (χ1) is 12.7. The Morgan fingerprint density at radius 1 is 1.08 bits per heavy atom. The molecular weight excluding hydrogens is 322 g/mol. The molecule has 4 rings (SSSR count). The van der Waals surface area contributed by atoms with Gasteiger partial charge in [0.25, 0.3) is 0 Å². The van der Waals surface area contributed by atoms with Gasteiger partial charge in [-0.05, 0) is 43.4 Å². The Hall–Kier alpha value is -2.75. The van der Waals surface area contributed by atoms with Gasteiger partial charge in [-0.1, -0.05) is 48.0 Å². The maximum atomic E-state index is 12.2. The minimum Gasteiger partial charge on any atom is -0.361 e. The first kappa shape index (κ1) is 16.7. The summed E-state index contributed by atoms with van der Waals surface area (Å²) in [7, 11) is 0. The third kappa shape index (κ3) is 3.45. The van der Waals surface area contributed by atoms with Crippen LogP contribution in [0.2, 0.25) is 0 Å². The largest absolute Gasteiger partial charge is 0.361 e. The summed E-state index contributed by atoms with van der Waals surface area (Å²) in [6.45, 7) is 3.43. The third-order valence-corrected chi connectivity index (χ3v) is 5.46. The fourth-order valence-electron chi connectivity index (χ4n) is 3.59. The molecule has 26 heavy (non-hydrogen) atoms. The van der Waals surface area contributed by atoms with Gasteiger partial charge in [0.1, 0.15) is 0 Å². The van der Waals surface area contributed by atoms with Crippen molar-refractivity contribution in [3.05, 3.63) is 71.4 Å². The highest BCUT2D eigenvalue weighted by Crippen LogP contribution is 2.47. The SMILES string of the molecule is Cc1ccc(C2(CNC(=O)NCCc3c[nH]c4ccccc34)CC2)cc1. The van der Waals surface area contributed by atoms with Gasteiger partial charge in [-0.15, -0.1) is 0 Å². The second kappa shape index (κ2) is 6.87. The zero-order valence-electron chi connectivity index (χ0n) is 15.1. The lowest BCUT2D eigenvalue weighted by molar-refractivity contribution is 0.240. The Morgan fingerprint density at radius 3 is 2.62 bits per heavy atom. The second-order valence-corrected chi connectivity index (χ2v) is 7.37. The van der Waals surface area contributed by atoms with Gasteiger partial charge in [-0.25, -0.2) is 4.79 Å². The molecule has 0 saturated heterocycles. The average molecular weight is 347 g/mol. The maximum absolute atomic E-state index is 12.2. The minimum atomic E-state index is -0.0803. The van der Waals surface area contributed by atoms with Crippen molar-refractivity contribution in [2.24, 2.45) is 0 Å². The predicted octanol–water partition coefficient (Wildman–Crippen LogP) is 4.05. The van der Waals surface area contributed by atoms with Crippen LogP contribution in [0.1, 0.15) is 29.5 Å². The number of nitrogens with one attached hydrogen (secondary N) is 3. The number of carbonyl (C=O) groups is 1. The third-order valence-electron chi connectivity index (χ3n) is 5.46. The fourth-order valence-corrected chi connectivity index (χ4v) is 3.59. The molecule has 2 aromatic carbocycles. The summed E-state index contributed by atoms with van der Waals surface area (Å²) < 4.78 is 0. The van der Waals surface area contributed by atoms with Gasteiger partial charge in [0.05, 0.1) is 0 Å². The number of aromatic nitrogens is 1. The molecule has 1 aliphatic rings. The molecule has 1 heterocycles. The van der Waals surface area contributed by atoms with E-state index in [0.29, 0.717) is 13.1 Å². The number of rotatable bonds is 6. The number of urea groups is 1. The van der Waals surface area contributed by atoms with Crippen LogP contribution in [0.3, 0.4) is 0 Å². The van der Waals surface area contributed by atoms with Gasteiger partial charge in [0.2, 0.25) is 0 Å². The predicted molar refractivity (Wildman–Crippen MR) is 105 cm³/mol. The monoisotopic (exact) mass is 347 g/mol. The van der Waals surface area contributed by atoms with Crippen LogP contribution in [-0.4, -0.2) is 24.1 Å². The highest BCUT2D eigenvalue weighted by atomic mass is 16.2. The average Bonchev–Trinajstić information content (AvgIpc) is 3.35. The first-order valence-corrected chi connectivity index (χ1v) is 9.30. The van der Waals surface area contributed by atoms with Crippen molar-refractivity contribution >= 4 is 16.9 Å². The van der Waals surface area contributed by atoms with E-state index >= 15 is 0 Å². The summed E-state index contributed by atoms with van der Waals surface area (Å²) >= 11 is 0. The van der Waals surface area contributed by atoms with Gasteiger partial charge >= 0.3 is 6.03 Å². The van der Waals surface area contributed by atoms with E-state index in [1.54, 1.807) is 0 Å². The van der Waals surface area contributed by atoms with Crippen LogP contribution in [-0.2, 0) is 11.8 Å². The quantitative estimate of drug-likeness (QED) is 0.619. The highest BCUT2D eigenvalue weighted by molar-refractivity contribution is 5.83. The molecule has 0 spiro atoms. The van der Waals surface area contributed by atoms with E-state index in [1.165, 1.54) is 22.1 Å². The van der Waals surface area contributed by atoms with Crippen LogP contribution in [0.25, 0.3) is 10.9 Å². The second-order valence-electron chi connectivity index (χ2n) is 7.37. The molecule has 2 amide bonds. The number of para-hydroxylation sites is 1. The molecule has 1 fully saturated rings. The molecule has 0 aliphatic heterocycles. The zero-order valence-corrected chi connectivity index (χ0v) is 15.1. The maximum Gasteiger partial charge on any atom is 0.314 e. The van der Waals surface area contributed by atoms with Gasteiger partial charge < -0.3 is 15.6 Å². The Labute approximate surface area is 154 Å². The van der Waals surface area contributed by atoms with Crippen LogP contribution in [0.5, 0.6) is 0 Å². The standard InChI is InChI=1S/C22H25N3O/c1-16-6-8-18(9-7-16)22(11-12-22)15-25-21(26)23-13-10-17-14-24-20-5-3-2-4-19(17)20/h2-9,14,24H,10-13,15H2,1H3,(H2,23,25,26). The van der Waals surface area contributed by atoms with E-state index in [4.69, 9.17) is 0 Å². The van der Waals surface area contributed by atoms with Gasteiger partial charge in [-0.3, -0.25) is 0 Å². The smallest absolute Gasteiger partial charge is 0.314 e. The van der Waals surface area contributed by atoms with Gasteiger partial charge in [-0.2, -0.15) is 0 Å². The molecule has 0 atom stereocenters. The number of aromatic amines is 1. The molecule has 134 valence electrons. The summed E-state index contributed by atoms with van der Waals surface area (Å²) in [5, 5.41) is 7.27. The number of H-pyrrole nitrogens is 1. The molecule has 4 nitrogen and oxygen atoms in total. The first-order valence-electron chi connectivity index (χ1n) is 9.30. The number of aryl methyl sites for hydroxylation is 1. The molecule has 4 heteroatoms. The Balaban J connectivity index is 1.26.